The lowest BCUT2D eigenvalue weighted by Crippen LogP contribution is -2.28. The van der Waals surface area contributed by atoms with Gasteiger partial charge in [-0.3, -0.25) is 4.79 Å². The number of rotatable bonds is 5. The van der Waals surface area contributed by atoms with Crippen molar-refractivity contribution in [3.8, 4) is 5.75 Å². The molecule has 2 aromatic heterocycles. The van der Waals surface area contributed by atoms with Gasteiger partial charge in [0.2, 0.25) is 5.55 Å². The number of halogens is 1. The molecule has 0 aliphatic heterocycles. The summed E-state index contributed by atoms with van der Waals surface area (Å²) in [5.41, 5.74) is 1.51. The number of nitrogens with zero attached hydrogens (tertiary/aromatic N) is 1. The Morgan fingerprint density at radius 2 is 2.00 bits per heavy atom. The Morgan fingerprint density at radius 1 is 1.14 bits per heavy atom. The average Bonchev–Trinajstić information content (AvgIpc) is 3.25. The van der Waals surface area contributed by atoms with Gasteiger partial charge in [0, 0.05) is 10.4 Å². The highest BCUT2D eigenvalue weighted by Crippen LogP contribution is 2.25. The van der Waals surface area contributed by atoms with E-state index in [2.05, 4.69) is 10.3 Å². The van der Waals surface area contributed by atoms with Gasteiger partial charge in [0.1, 0.15) is 11.3 Å². The highest BCUT2D eigenvalue weighted by Gasteiger charge is 2.15. The lowest BCUT2D eigenvalue weighted by Gasteiger charge is -2.08. The second kappa shape index (κ2) is 8.24. The number of para-hydroxylation sites is 1. The van der Waals surface area contributed by atoms with Crippen LogP contribution in [0, 0.1) is 0 Å². The van der Waals surface area contributed by atoms with Crippen molar-refractivity contribution in [1.29, 1.82) is 0 Å². The van der Waals surface area contributed by atoms with Crippen LogP contribution < -0.4 is 15.6 Å². The Hall–Kier alpha value is -3.51. The fourth-order valence-corrected chi connectivity index (χ4v) is 3.05. The molecule has 2 aromatic carbocycles. The maximum absolute atomic E-state index is 12.9. The van der Waals surface area contributed by atoms with Crippen molar-refractivity contribution >= 4 is 34.2 Å². The normalized spacial score (nSPS) is 11.6. The van der Waals surface area contributed by atoms with Gasteiger partial charge in [-0.1, -0.05) is 29.8 Å². The molecule has 0 unspecified atom stereocenters. The van der Waals surface area contributed by atoms with E-state index in [0.717, 1.165) is 5.39 Å². The fraction of sp³-hybridized carbons (Fsp3) is 0.0909. The molecule has 2 heterocycles. The number of hydrogen-bond acceptors (Lipinski definition) is 5. The molecule has 0 saturated heterocycles. The van der Waals surface area contributed by atoms with Gasteiger partial charge in [0.25, 0.3) is 5.91 Å². The van der Waals surface area contributed by atoms with E-state index >= 15 is 0 Å². The Balaban J connectivity index is 1.83. The van der Waals surface area contributed by atoms with Crippen molar-refractivity contribution < 1.29 is 18.4 Å². The molecule has 0 atom stereocenters. The van der Waals surface area contributed by atoms with Crippen LogP contribution in [0.4, 0.5) is 5.69 Å². The van der Waals surface area contributed by atoms with Crippen molar-refractivity contribution in [2.24, 2.45) is 4.99 Å². The number of nitrogens with one attached hydrogen (secondary N) is 1. The number of fused-ring (bicyclic) bond motifs is 1. The second-order valence-corrected chi connectivity index (χ2v) is 6.63. The van der Waals surface area contributed by atoms with E-state index in [1.54, 1.807) is 61.9 Å². The molecule has 1 amide bonds. The van der Waals surface area contributed by atoms with Crippen LogP contribution in [-0.4, -0.2) is 13.0 Å². The van der Waals surface area contributed by atoms with Crippen LogP contribution in [0.1, 0.15) is 16.1 Å². The number of amides is 1. The lowest BCUT2D eigenvalue weighted by atomic mass is 10.1. The molecule has 29 heavy (non-hydrogen) atoms. The van der Waals surface area contributed by atoms with Crippen LogP contribution in [0.15, 0.2) is 80.8 Å². The maximum atomic E-state index is 12.9. The van der Waals surface area contributed by atoms with Gasteiger partial charge in [-0.05, 0) is 42.5 Å². The minimum absolute atomic E-state index is 0.154. The number of carbonyl (C=O) groups is 1. The Kier molecular flexibility index (Phi) is 5.35. The maximum Gasteiger partial charge on any atom is 0.257 e. The summed E-state index contributed by atoms with van der Waals surface area (Å²) in [5.74, 6) is 0.856. The van der Waals surface area contributed by atoms with Crippen LogP contribution in [0.3, 0.4) is 0 Å². The minimum Gasteiger partial charge on any atom is -0.493 e. The number of carbonyl (C=O) groups excluding carboxylic acids is 1. The van der Waals surface area contributed by atoms with E-state index in [1.807, 2.05) is 12.1 Å². The molecule has 0 saturated carbocycles. The molecule has 0 radical (unpaired) electrons. The highest BCUT2D eigenvalue weighted by molar-refractivity contribution is 6.30. The van der Waals surface area contributed by atoms with E-state index in [9.17, 15) is 4.79 Å². The molecule has 6 nitrogen and oxygen atoms in total. The van der Waals surface area contributed by atoms with Crippen molar-refractivity contribution in [2.45, 2.75) is 6.54 Å². The number of furan rings is 1. The molecule has 0 fully saturated rings. The number of hydrogen-bond donors (Lipinski definition) is 1. The SMILES string of the molecule is COc1cccc2cc(C(=O)NCc3ccco3)c(=Nc3cccc(Cl)c3)oc12. The summed E-state index contributed by atoms with van der Waals surface area (Å²) in [7, 11) is 1.56. The zero-order valence-electron chi connectivity index (χ0n) is 15.5. The number of methoxy groups -OCH3 is 1. The fourth-order valence-electron chi connectivity index (χ4n) is 2.87. The second-order valence-electron chi connectivity index (χ2n) is 6.20. The molecule has 0 aliphatic rings. The Bertz CT molecular complexity index is 1230. The predicted molar refractivity (Wildman–Crippen MR) is 109 cm³/mol. The summed E-state index contributed by atoms with van der Waals surface area (Å²) in [5, 5.41) is 4.08. The molecule has 0 spiro atoms. The summed E-state index contributed by atoms with van der Waals surface area (Å²) in [6.45, 7) is 0.249. The van der Waals surface area contributed by atoms with Crippen LogP contribution >= 0.6 is 11.6 Å². The van der Waals surface area contributed by atoms with E-state index in [1.165, 1.54) is 0 Å². The lowest BCUT2D eigenvalue weighted by molar-refractivity contribution is 0.0944. The minimum atomic E-state index is -0.337. The Morgan fingerprint density at radius 3 is 2.76 bits per heavy atom. The first-order chi connectivity index (χ1) is 14.1. The molecule has 7 heteroatoms. The van der Waals surface area contributed by atoms with Crippen molar-refractivity contribution in [3.63, 3.8) is 0 Å². The Labute approximate surface area is 171 Å². The van der Waals surface area contributed by atoms with Gasteiger partial charge in [-0.2, -0.15) is 0 Å². The van der Waals surface area contributed by atoms with Crippen LogP contribution in [0.5, 0.6) is 5.75 Å². The van der Waals surface area contributed by atoms with Crippen LogP contribution in [0.2, 0.25) is 5.02 Å². The first-order valence-corrected chi connectivity index (χ1v) is 9.23. The predicted octanol–water partition coefficient (Wildman–Crippen LogP) is 4.85. The van der Waals surface area contributed by atoms with Gasteiger partial charge >= 0.3 is 0 Å². The van der Waals surface area contributed by atoms with Crippen LogP contribution in [0.25, 0.3) is 11.0 Å². The number of benzene rings is 2. The third kappa shape index (κ3) is 4.17. The van der Waals surface area contributed by atoms with Gasteiger partial charge in [-0.25, -0.2) is 4.99 Å². The van der Waals surface area contributed by atoms with Crippen LogP contribution in [-0.2, 0) is 6.54 Å². The largest absolute Gasteiger partial charge is 0.493 e. The molecule has 0 aliphatic carbocycles. The van der Waals surface area contributed by atoms with E-state index in [-0.39, 0.29) is 23.6 Å². The summed E-state index contributed by atoms with van der Waals surface area (Å²) in [6, 6.07) is 17.7. The highest BCUT2D eigenvalue weighted by atomic mass is 35.5. The standard InChI is InChI=1S/C22H17ClN2O4/c1-27-19-9-2-5-14-11-18(21(26)24-13-17-8-4-10-28-17)22(29-20(14)19)25-16-7-3-6-15(23)12-16/h2-12H,13H2,1H3,(H,24,26). The summed E-state index contributed by atoms with van der Waals surface area (Å²) >= 11 is 6.06. The topological polar surface area (TPSA) is 77.0 Å². The molecule has 0 bridgehead atoms. The first-order valence-electron chi connectivity index (χ1n) is 8.86. The smallest absolute Gasteiger partial charge is 0.257 e. The summed E-state index contributed by atoms with van der Waals surface area (Å²) in [6.07, 6.45) is 1.55. The monoisotopic (exact) mass is 408 g/mol. The molecule has 1 N–H and O–H groups in total. The molecule has 4 rings (SSSR count). The average molecular weight is 409 g/mol. The van der Waals surface area contributed by atoms with Crippen molar-refractivity contribution in [3.05, 3.63) is 88.8 Å². The van der Waals surface area contributed by atoms with Crippen molar-refractivity contribution in [2.75, 3.05) is 7.11 Å². The third-order valence-electron chi connectivity index (χ3n) is 4.25. The third-order valence-corrected chi connectivity index (χ3v) is 4.48. The molecular formula is C22H17ClN2O4. The van der Waals surface area contributed by atoms with E-state index in [4.69, 9.17) is 25.2 Å². The van der Waals surface area contributed by atoms with E-state index < -0.39 is 0 Å². The van der Waals surface area contributed by atoms with Gasteiger partial charge in [-0.15, -0.1) is 0 Å². The summed E-state index contributed by atoms with van der Waals surface area (Å²) < 4.78 is 16.6. The first kappa shape index (κ1) is 18.8. The van der Waals surface area contributed by atoms with E-state index in [0.29, 0.717) is 27.8 Å². The zero-order valence-corrected chi connectivity index (χ0v) is 16.3. The van der Waals surface area contributed by atoms with Gasteiger partial charge < -0.3 is 18.9 Å². The summed E-state index contributed by atoms with van der Waals surface area (Å²) in [4.78, 5) is 17.4. The van der Waals surface area contributed by atoms with Gasteiger partial charge in [0.15, 0.2) is 11.3 Å². The van der Waals surface area contributed by atoms with Crippen molar-refractivity contribution in [1.82, 2.24) is 5.32 Å². The quantitative estimate of drug-likeness (QED) is 0.512. The van der Waals surface area contributed by atoms with Gasteiger partial charge in [0.05, 0.1) is 25.6 Å². The zero-order chi connectivity index (χ0) is 20.2. The molecular weight excluding hydrogens is 392 g/mol. The molecule has 4 aromatic rings. The number of ether oxygens (including phenoxy) is 1. The molecule has 146 valence electrons.